The number of nitrogens with zero attached hydrogens (tertiary/aromatic N) is 1. The smallest absolute Gasteiger partial charge is 0.235 e. The highest BCUT2D eigenvalue weighted by Gasteiger charge is 2.69. The molecule has 2 saturated carbocycles. The third-order valence-electron chi connectivity index (χ3n) is 8.64. The van der Waals surface area contributed by atoms with E-state index in [1.165, 1.54) is 11.0 Å². The van der Waals surface area contributed by atoms with Gasteiger partial charge in [0.15, 0.2) is 34.7 Å². The van der Waals surface area contributed by atoms with Gasteiger partial charge in [-0.3, -0.25) is 28.9 Å². The molecule has 2 aromatic carbocycles. The van der Waals surface area contributed by atoms with Gasteiger partial charge in [0.1, 0.15) is 5.75 Å². The first-order chi connectivity index (χ1) is 18.4. The number of ketones is 4. The molecule has 39 heavy (non-hydrogen) atoms. The lowest BCUT2D eigenvalue weighted by Gasteiger charge is -2.52. The highest BCUT2D eigenvalue weighted by atomic mass is 127. The van der Waals surface area contributed by atoms with E-state index in [1.807, 2.05) is 24.3 Å². The molecule has 2 aromatic rings. The van der Waals surface area contributed by atoms with E-state index in [-0.39, 0.29) is 24.2 Å². The molecule has 0 saturated heterocycles. The summed E-state index contributed by atoms with van der Waals surface area (Å²) in [6.07, 6.45) is 1.61. The van der Waals surface area contributed by atoms with E-state index >= 15 is 0 Å². The number of likely N-dealkylation sites (N-methyl/N-ethyl adjacent to an activating group) is 1. The number of nitrogens with two attached hydrogens (primary N) is 1. The normalized spacial score (nSPS) is 30.1. The second-order valence-electron chi connectivity index (χ2n) is 11.0. The van der Waals surface area contributed by atoms with Crippen LogP contribution in [0.4, 0.5) is 0 Å². The van der Waals surface area contributed by atoms with Crippen molar-refractivity contribution in [3.05, 3.63) is 62.2 Å². The van der Waals surface area contributed by atoms with Crippen LogP contribution in [0, 0.1) is 27.2 Å². The predicted molar refractivity (Wildman–Crippen MR) is 148 cm³/mol. The Morgan fingerprint density at radius 3 is 2.33 bits per heavy atom. The lowest BCUT2D eigenvalue weighted by molar-refractivity contribution is -0.181. The van der Waals surface area contributed by atoms with E-state index < -0.39 is 64.4 Å². The number of hydrogen-bond donors (Lipinski definition) is 3. The predicted octanol–water partition coefficient (Wildman–Crippen LogP) is 1.26. The molecule has 0 heterocycles. The fourth-order valence-electron chi connectivity index (χ4n) is 6.83. The molecule has 10 heteroatoms. The summed E-state index contributed by atoms with van der Waals surface area (Å²) in [6.45, 7) is 0. The van der Waals surface area contributed by atoms with E-state index in [4.69, 9.17) is 5.73 Å². The van der Waals surface area contributed by atoms with Crippen molar-refractivity contribution in [2.75, 3.05) is 14.1 Å². The topological polar surface area (TPSA) is 155 Å². The number of benzene rings is 2. The Balaban J connectivity index is 1.55. The van der Waals surface area contributed by atoms with Gasteiger partial charge in [0, 0.05) is 9.49 Å². The number of Topliss-reactive ketones (excluding diaryl/α,β-unsaturated/α-hetero) is 4. The van der Waals surface area contributed by atoms with Gasteiger partial charge in [0.25, 0.3) is 0 Å². The van der Waals surface area contributed by atoms with Crippen LogP contribution in [-0.2, 0) is 38.4 Å². The van der Waals surface area contributed by atoms with Crippen LogP contribution in [0.25, 0.3) is 0 Å². The maximum absolute atomic E-state index is 13.9. The third kappa shape index (κ3) is 4.23. The highest BCUT2D eigenvalue weighted by molar-refractivity contribution is 14.1. The molecule has 2 unspecified atom stereocenters. The molecule has 0 radical (unpaired) electrons. The fourth-order valence-corrected chi connectivity index (χ4v) is 7.19. The molecule has 9 nitrogen and oxygen atoms in total. The molecular formula is C29H29IN2O7. The number of carbonyl (C=O) groups is 5. The molecular weight excluding hydrogens is 615 g/mol. The largest absolute Gasteiger partial charge is 0.507 e. The van der Waals surface area contributed by atoms with Crippen LogP contribution in [0.1, 0.15) is 33.5 Å². The van der Waals surface area contributed by atoms with Crippen molar-refractivity contribution in [3.8, 4) is 5.75 Å². The van der Waals surface area contributed by atoms with Crippen LogP contribution < -0.4 is 5.73 Å². The van der Waals surface area contributed by atoms with Crippen LogP contribution in [0.3, 0.4) is 0 Å². The molecule has 1 amide bonds. The molecule has 2 fully saturated rings. The lowest BCUT2D eigenvalue weighted by Crippen LogP contribution is -2.74. The second-order valence-corrected chi connectivity index (χ2v) is 12.3. The van der Waals surface area contributed by atoms with Gasteiger partial charge in [-0.2, -0.15) is 0 Å². The number of primary amides is 1. The molecule has 3 aliphatic rings. The SMILES string of the molecule is CN(C)[C@@H]1C(=O)C(C(N)=O)C(=O)[C@@]2(O)C(=O)C3C(=O)c4c(O)ccc(CCc5ccc(I)cc5)c4C[C@H]3C[C@@H]12. The Labute approximate surface area is 238 Å². The van der Waals surface area contributed by atoms with E-state index in [0.717, 1.165) is 14.7 Å². The van der Waals surface area contributed by atoms with Gasteiger partial charge in [-0.25, -0.2) is 0 Å². The minimum atomic E-state index is -2.71. The standard InChI is InChI=1S/C29H29IN2O7/c1-32(2)23-18-12-15-11-17-14(6-3-13-4-8-16(30)9-5-13)7-10-19(33)21(17)24(34)20(15)26(36)29(18,39)27(37)22(25(23)35)28(31)38/h4-5,7-10,15,18,20,22-23,33,39H,3,6,11-12H2,1-2H3,(H2,31,38)/t15-,18-,20?,22?,23-,29-/m0/s1. The van der Waals surface area contributed by atoms with Crippen molar-refractivity contribution >= 4 is 51.6 Å². The summed E-state index contributed by atoms with van der Waals surface area (Å²) in [4.78, 5) is 67.7. The number of aromatic hydroxyl groups is 1. The Kier molecular flexibility index (Phi) is 7.01. The van der Waals surface area contributed by atoms with E-state index in [1.54, 1.807) is 20.2 Å². The summed E-state index contributed by atoms with van der Waals surface area (Å²) in [7, 11) is 3.13. The first-order valence-corrected chi connectivity index (χ1v) is 13.9. The molecule has 6 atom stereocenters. The number of aliphatic hydroxyl groups is 1. The summed E-state index contributed by atoms with van der Waals surface area (Å²) in [5.41, 5.74) is 5.30. The first-order valence-electron chi connectivity index (χ1n) is 12.8. The second kappa shape index (κ2) is 9.90. The molecule has 3 aliphatic carbocycles. The van der Waals surface area contributed by atoms with Crippen LogP contribution in [-0.4, -0.2) is 69.9 Å². The number of amides is 1. The zero-order valence-electron chi connectivity index (χ0n) is 21.5. The van der Waals surface area contributed by atoms with Crippen LogP contribution in [0.5, 0.6) is 5.75 Å². The van der Waals surface area contributed by atoms with E-state index in [0.29, 0.717) is 18.4 Å². The number of phenols is 1. The number of phenolic OH excluding ortho intramolecular Hbond substituents is 1. The number of carbonyl (C=O) groups excluding carboxylic acids is 5. The van der Waals surface area contributed by atoms with Crippen LogP contribution in [0.15, 0.2) is 36.4 Å². The van der Waals surface area contributed by atoms with Gasteiger partial charge in [-0.1, -0.05) is 18.2 Å². The number of aryl methyl sites for hydroxylation is 2. The van der Waals surface area contributed by atoms with Crippen molar-refractivity contribution < 1.29 is 34.2 Å². The van der Waals surface area contributed by atoms with E-state index in [2.05, 4.69) is 22.6 Å². The maximum Gasteiger partial charge on any atom is 0.235 e. The zero-order chi connectivity index (χ0) is 28.4. The van der Waals surface area contributed by atoms with Crippen molar-refractivity contribution in [1.82, 2.24) is 4.90 Å². The third-order valence-corrected chi connectivity index (χ3v) is 9.36. The van der Waals surface area contributed by atoms with Gasteiger partial charge >= 0.3 is 0 Å². The number of hydrogen-bond acceptors (Lipinski definition) is 8. The average Bonchev–Trinajstić information content (AvgIpc) is 2.86. The fraction of sp³-hybridized carbons (Fsp3) is 0.414. The maximum atomic E-state index is 13.9. The monoisotopic (exact) mass is 644 g/mol. The molecule has 0 bridgehead atoms. The summed E-state index contributed by atoms with van der Waals surface area (Å²) >= 11 is 2.24. The number of halogens is 1. The van der Waals surface area contributed by atoms with Gasteiger partial charge in [-0.05, 0) is 103 Å². The van der Waals surface area contributed by atoms with Crippen LogP contribution in [0.2, 0.25) is 0 Å². The molecule has 0 aliphatic heterocycles. The summed E-state index contributed by atoms with van der Waals surface area (Å²) in [5.74, 6) is -10.3. The highest BCUT2D eigenvalue weighted by Crippen LogP contribution is 2.51. The van der Waals surface area contributed by atoms with Gasteiger partial charge < -0.3 is 15.9 Å². The van der Waals surface area contributed by atoms with Gasteiger partial charge in [0.05, 0.1) is 17.5 Å². The zero-order valence-corrected chi connectivity index (χ0v) is 23.7. The van der Waals surface area contributed by atoms with E-state index in [9.17, 15) is 34.2 Å². The minimum absolute atomic E-state index is 0.0294. The molecule has 5 rings (SSSR count). The summed E-state index contributed by atoms with van der Waals surface area (Å²) in [5, 5.41) is 22.3. The van der Waals surface area contributed by atoms with Gasteiger partial charge in [-0.15, -0.1) is 0 Å². The minimum Gasteiger partial charge on any atom is -0.507 e. The molecule has 4 N–H and O–H groups in total. The quantitative estimate of drug-likeness (QED) is 0.325. The van der Waals surface area contributed by atoms with Crippen molar-refractivity contribution in [1.29, 1.82) is 0 Å². The Bertz CT molecular complexity index is 1420. The molecule has 0 spiro atoms. The lowest BCUT2D eigenvalue weighted by atomic mass is 9.52. The Morgan fingerprint density at radius 1 is 1.05 bits per heavy atom. The van der Waals surface area contributed by atoms with Crippen molar-refractivity contribution in [2.45, 2.75) is 37.3 Å². The van der Waals surface area contributed by atoms with Crippen molar-refractivity contribution in [2.24, 2.45) is 29.4 Å². The molecule has 204 valence electrons. The Morgan fingerprint density at radius 2 is 1.72 bits per heavy atom. The summed E-state index contributed by atoms with van der Waals surface area (Å²) in [6, 6.07) is 10.2. The first kappa shape index (κ1) is 27.6. The Hall–Kier alpha value is -2.96. The average molecular weight is 644 g/mol. The van der Waals surface area contributed by atoms with Crippen molar-refractivity contribution in [3.63, 3.8) is 0 Å². The molecule has 0 aromatic heterocycles. The summed E-state index contributed by atoms with van der Waals surface area (Å²) < 4.78 is 1.12. The number of fused-ring (bicyclic) bond motifs is 3. The number of rotatable bonds is 5. The van der Waals surface area contributed by atoms with Crippen LogP contribution >= 0.6 is 22.6 Å². The van der Waals surface area contributed by atoms with Gasteiger partial charge in [0.2, 0.25) is 5.91 Å².